The number of nitrogens with one attached hydrogen (secondary N) is 2. The maximum Gasteiger partial charge on any atom is 0.418 e. The molecule has 2 aromatic rings. The average molecular weight is 563 g/mol. The quantitative estimate of drug-likeness (QED) is 0.515. The van der Waals surface area contributed by atoms with Gasteiger partial charge in [0.25, 0.3) is 0 Å². The van der Waals surface area contributed by atoms with E-state index < -0.39 is 11.7 Å². The molecule has 4 aliphatic rings. The Morgan fingerprint density at radius 2 is 1.70 bits per heavy atom. The molecule has 10 heteroatoms. The third-order valence-electron chi connectivity index (χ3n) is 10.2. The molecule has 2 aliphatic carbocycles. The minimum Gasteiger partial charge on any atom is -0.298 e. The molecule has 3 unspecified atom stereocenters. The predicted octanol–water partition coefficient (Wildman–Crippen LogP) is 5.07. The highest BCUT2D eigenvalue weighted by atomic mass is 19.4. The molecule has 2 aromatic heterocycles. The molecule has 2 aliphatic heterocycles. The average Bonchev–Trinajstić information content (AvgIpc) is 3.42. The Morgan fingerprint density at radius 1 is 1.00 bits per heavy atom. The molecule has 222 valence electrons. The molecule has 2 saturated carbocycles. The Hall–Kier alpha value is -1.88. The van der Waals surface area contributed by atoms with Gasteiger partial charge in [-0.15, -0.1) is 0 Å². The van der Waals surface area contributed by atoms with Crippen molar-refractivity contribution in [2.75, 3.05) is 26.8 Å². The highest BCUT2D eigenvalue weighted by Gasteiger charge is 2.44. The summed E-state index contributed by atoms with van der Waals surface area (Å²) in [5.74, 6) is 2.58. The van der Waals surface area contributed by atoms with Crippen molar-refractivity contribution in [1.82, 2.24) is 29.6 Å². The molecule has 0 bridgehead atoms. The molecule has 4 heterocycles. The molecule has 0 spiro atoms. The molecule has 2 N–H and O–H groups in total. The first kappa shape index (κ1) is 28.2. The third-order valence-corrected chi connectivity index (χ3v) is 10.2. The minimum absolute atomic E-state index is 0.0271. The second-order valence-electron chi connectivity index (χ2n) is 13.5. The third kappa shape index (κ3) is 5.49. The number of alkyl halides is 3. The van der Waals surface area contributed by atoms with E-state index in [1.165, 1.54) is 35.9 Å². The summed E-state index contributed by atoms with van der Waals surface area (Å²) < 4.78 is 45.9. The standard InChI is InChI=1S/C30H45F3N6O/c1-19-10-20(2)14-37(13-19)15-21-11-25(30(31,32)33)26-17-38(29(40)39(26)16-21)24-9-5-8-23(12-24)27(22-6-4-7-22)28-35-34-18-36(28)3/h11,16-17,19-20,22-24,27-28,34-35H,4-10,12-15,18H2,1-3H3/t19-,20+,23?,24?,27-,28?/m1/s1. The summed E-state index contributed by atoms with van der Waals surface area (Å²) in [4.78, 5) is 18.3. The molecular weight excluding hydrogens is 517 g/mol. The molecule has 4 fully saturated rings. The second kappa shape index (κ2) is 11.1. The summed E-state index contributed by atoms with van der Waals surface area (Å²) >= 11 is 0. The van der Waals surface area contributed by atoms with Gasteiger partial charge in [0, 0.05) is 38.1 Å². The van der Waals surface area contributed by atoms with E-state index in [4.69, 9.17) is 0 Å². The molecule has 7 nitrogen and oxygen atoms in total. The van der Waals surface area contributed by atoms with Crippen LogP contribution in [0, 0.1) is 29.6 Å². The zero-order valence-corrected chi connectivity index (χ0v) is 24.1. The smallest absolute Gasteiger partial charge is 0.298 e. The van der Waals surface area contributed by atoms with Crippen LogP contribution in [0.25, 0.3) is 5.52 Å². The van der Waals surface area contributed by atoms with Crippen molar-refractivity contribution in [3.8, 4) is 0 Å². The molecule has 40 heavy (non-hydrogen) atoms. The number of pyridine rings is 1. The molecule has 6 atom stereocenters. The summed E-state index contributed by atoms with van der Waals surface area (Å²) in [6, 6.07) is 1.19. The van der Waals surface area contributed by atoms with Gasteiger partial charge >= 0.3 is 11.9 Å². The predicted molar refractivity (Wildman–Crippen MR) is 149 cm³/mol. The summed E-state index contributed by atoms with van der Waals surface area (Å²) in [6.45, 7) is 7.35. The Labute approximate surface area is 235 Å². The zero-order chi connectivity index (χ0) is 28.2. The van der Waals surface area contributed by atoms with Crippen LogP contribution in [0.1, 0.15) is 82.4 Å². The highest BCUT2D eigenvalue weighted by Crippen LogP contribution is 2.47. The second-order valence-corrected chi connectivity index (χ2v) is 13.5. The molecular formula is C30H45F3N6O. The summed E-state index contributed by atoms with van der Waals surface area (Å²) in [7, 11) is 2.14. The van der Waals surface area contributed by atoms with E-state index >= 15 is 0 Å². The lowest BCUT2D eigenvalue weighted by molar-refractivity contribution is -0.136. The topological polar surface area (TPSA) is 57.0 Å². The Balaban J connectivity index is 1.31. The molecule has 0 radical (unpaired) electrons. The van der Waals surface area contributed by atoms with Crippen molar-refractivity contribution in [3.63, 3.8) is 0 Å². The number of halogens is 3. The summed E-state index contributed by atoms with van der Waals surface area (Å²) in [6.07, 6.45) is 7.51. The number of rotatable bonds is 6. The van der Waals surface area contributed by atoms with Crippen molar-refractivity contribution >= 4 is 5.52 Å². The number of imidazole rings is 1. The van der Waals surface area contributed by atoms with Gasteiger partial charge in [-0.3, -0.25) is 18.8 Å². The minimum atomic E-state index is -4.53. The lowest BCUT2D eigenvalue weighted by Gasteiger charge is -2.46. The van der Waals surface area contributed by atoms with Crippen molar-refractivity contribution in [1.29, 1.82) is 0 Å². The first-order valence-electron chi connectivity index (χ1n) is 15.3. The zero-order valence-electron chi connectivity index (χ0n) is 24.1. The van der Waals surface area contributed by atoms with Crippen LogP contribution in [-0.4, -0.2) is 51.7 Å². The normalized spacial score (nSPS) is 32.0. The van der Waals surface area contributed by atoms with Crippen molar-refractivity contribution in [3.05, 3.63) is 40.1 Å². The van der Waals surface area contributed by atoms with Gasteiger partial charge in [0.15, 0.2) is 0 Å². The number of hydrogen-bond donors (Lipinski definition) is 2. The fourth-order valence-corrected chi connectivity index (χ4v) is 8.42. The number of nitrogens with zero attached hydrogens (tertiary/aromatic N) is 4. The van der Waals surface area contributed by atoms with Gasteiger partial charge in [0.1, 0.15) is 0 Å². The number of hydrazine groups is 1. The van der Waals surface area contributed by atoms with Gasteiger partial charge in [-0.25, -0.2) is 15.6 Å². The fourth-order valence-electron chi connectivity index (χ4n) is 8.42. The Kier molecular flexibility index (Phi) is 7.82. The first-order chi connectivity index (χ1) is 19.1. The van der Waals surface area contributed by atoms with Crippen molar-refractivity contribution < 1.29 is 13.2 Å². The summed E-state index contributed by atoms with van der Waals surface area (Å²) in [5.41, 5.74) is 6.24. The fraction of sp³-hybridized carbons (Fsp3) is 0.767. The number of likely N-dealkylation sites (tertiary alicyclic amines) is 1. The van der Waals surface area contributed by atoms with Gasteiger partial charge in [0.2, 0.25) is 0 Å². The van der Waals surface area contributed by atoms with Crippen LogP contribution in [0.4, 0.5) is 13.2 Å². The van der Waals surface area contributed by atoms with Crippen molar-refractivity contribution in [2.45, 2.75) is 90.1 Å². The number of aromatic nitrogens is 2. The van der Waals surface area contributed by atoms with E-state index in [2.05, 4.69) is 41.5 Å². The van der Waals surface area contributed by atoms with Crippen molar-refractivity contribution in [2.24, 2.45) is 29.6 Å². The number of piperidine rings is 1. The van der Waals surface area contributed by atoms with E-state index in [9.17, 15) is 18.0 Å². The van der Waals surface area contributed by atoms with E-state index in [-0.39, 0.29) is 23.4 Å². The van der Waals surface area contributed by atoms with Crippen LogP contribution < -0.4 is 16.5 Å². The van der Waals surface area contributed by atoms with Gasteiger partial charge in [-0.1, -0.05) is 39.5 Å². The van der Waals surface area contributed by atoms with Crippen LogP contribution >= 0.6 is 0 Å². The maximum atomic E-state index is 14.3. The van der Waals surface area contributed by atoms with Crippen LogP contribution in [0.2, 0.25) is 0 Å². The van der Waals surface area contributed by atoms with Gasteiger partial charge in [0.05, 0.1) is 23.9 Å². The first-order valence-corrected chi connectivity index (χ1v) is 15.3. The van der Waals surface area contributed by atoms with Crippen LogP contribution in [0.3, 0.4) is 0 Å². The summed E-state index contributed by atoms with van der Waals surface area (Å²) in [5, 5.41) is 0. The highest BCUT2D eigenvalue weighted by molar-refractivity contribution is 5.56. The molecule has 2 saturated heterocycles. The molecule has 0 amide bonds. The Morgan fingerprint density at radius 3 is 2.33 bits per heavy atom. The van der Waals surface area contributed by atoms with E-state index in [0.717, 1.165) is 51.9 Å². The lowest BCUT2D eigenvalue weighted by atomic mass is 9.65. The largest absolute Gasteiger partial charge is 0.418 e. The maximum absolute atomic E-state index is 14.3. The molecule has 0 aromatic carbocycles. The number of fused-ring (bicyclic) bond motifs is 1. The van der Waals surface area contributed by atoms with Gasteiger partial charge < -0.3 is 0 Å². The lowest BCUT2D eigenvalue weighted by Crippen LogP contribution is -2.50. The monoisotopic (exact) mass is 562 g/mol. The van der Waals surface area contributed by atoms with E-state index in [1.54, 1.807) is 10.8 Å². The van der Waals surface area contributed by atoms with Crippen LogP contribution in [0.15, 0.2) is 23.3 Å². The SMILES string of the molecule is C[C@@H]1C[C@H](C)CN(Cc2cc(C(F)(F)F)c3cn(C4CCCC([C@@H](C5CCC5)C5NNCN5C)C4)c(=O)n3c2)C1. The Bertz CT molecular complexity index is 1240. The van der Waals surface area contributed by atoms with E-state index in [1.807, 2.05) is 0 Å². The number of hydrogen-bond acceptors (Lipinski definition) is 5. The molecule has 6 rings (SSSR count). The van der Waals surface area contributed by atoms with Crippen LogP contribution in [-0.2, 0) is 12.7 Å². The van der Waals surface area contributed by atoms with Gasteiger partial charge in [-0.2, -0.15) is 13.2 Å². The van der Waals surface area contributed by atoms with Gasteiger partial charge in [-0.05, 0) is 74.0 Å². The van der Waals surface area contributed by atoms with Crippen LogP contribution in [0.5, 0.6) is 0 Å². The van der Waals surface area contributed by atoms with E-state index in [0.29, 0.717) is 41.7 Å².